The van der Waals surface area contributed by atoms with Crippen LogP contribution in [0.5, 0.6) is 0 Å². The molecule has 1 saturated carbocycles. The van der Waals surface area contributed by atoms with E-state index in [1.54, 1.807) is 11.0 Å². The van der Waals surface area contributed by atoms with Crippen LogP contribution in [0, 0.1) is 11.8 Å². The van der Waals surface area contributed by atoms with E-state index < -0.39 is 6.10 Å². The van der Waals surface area contributed by atoms with E-state index in [9.17, 15) is 9.90 Å². The third kappa shape index (κ3) is 3.44. The van der Waals surface area contributed by atoms with Crippen LogP contribution in [-0.2, 0) is 0 Å². The number of carbonyl (C=O) groups is 1. The first-order valence-corrected chi connectivity index (χ1v) is 10.2. The molecule has 5 rings (SSSR count). The van der Waals surface area contributed by atoms with E-state index in [1.807, 2.05) is 47.4 Å². The molecule has 1 saturated heterocycles. The van der Waals surface area contributed by atoms with Crippen molar-refractivity contribution < 1.29 is 9.90 Å². The first-order chi connectivity index (χ1) is 14.2. The zero-order chi connectivity index (χ0) is 19.8. The van der Waals surface area contributed by atoms with Crippen LogP contribution in [0.3, 0.4) is 0 Å². The fourth-order valence-electron chi connectivity index (χ4n) is 4.86. The molecule has 6 nitrogen and oxygen atoms in total. The van der Waals surface area contributed by atoms with Gasteiger partial charge in [0.1, 0.15) is 12.7 Å². The summed E-state index contributed by atoms with van der Waals surface area (Å²) in [4.78, 5) is 19.0. The number of likely N-dealkylation sites (tertiary alicyclic amines) is 1. The second-order valence-electron chi connectivity index (χ2n) is 8.16. The minimum Gasteiger partial charge on any atom is -0.391 e. The van der Waals surface area contributed by atoms with Gasteiger partial charge in [-0.3, -0.25) is 4.79 Å². The van der Waals surface area contributed by atoms with Gasteiger partial charge in [0.2, 0.25) is 0 Å². The number of rotatable bonds is 3. The molecule has 0 spiro atoms. The molecule has 6 heteroatoms. The molecule has 0 radical (unpaired) electrons. The largest absolute Gasteiger partial charge is 0.391 e. The molecule has 4 atom stereocenters. The van der Waals surface area contributed by atoms with E-state index in [1.165, 1.54) is 6.33 Å². The summed E-state index contributed by atoms with van der Waals surface area (Å²) in [7, 11) is 0. The molecule has 1 aliphatic heterocycles. The maximum absolute atomic E-state index is 13.1. The predicted molar refractivity (Wildman–Crippen MR) is 109 cm³/mol. The molecule has 1 amide bonds. The molecule has 1 aromatic heterocycles. The number of hydrogen-bond acceptors (Lipinski definition) is 4. The molecular weight excluding hydrogens is 364 g/mol. The Morgan fingerprint density at radius 3 is 2.31 bits per heavy atom. The van der Waals surface area contributed by atoms with Crippen LogP contribution in [-0.4, -0.2) is 49.9 Å². The minimum atomic E-state index is -0.446. The highest BCUT2D eigenvalue weighted by atomic mass is 16.3. The number of aliphatic hydroxyl groups excluding tert-OH is 1. The normalized spacial score (nSPS) is 26.3. The van der Waals surface area contributed by atoms with Crippen molar-refractivity contribution in [2.75, 3.05) is 13.1 Å². The van der Waals surface area contributed by atoms with Gasteiger partial charge < -0.3 is 10.0 Å². The minimum absolute atomic E-state index is 0.0565. The molecule has 29 heavy (non-hydrogen) atoms. The highest BCUT2D eigenvalue weighted by molar-refractivity contribution is 5.95. The lowest BCUT2D eigenvalue weighted by molar-refractivity contribution is 0.0304. The number of fused-ring (bicyclic) bond motifs is 1. The van der Waals surface area contributed by atoms with Crippen molar-refractivity contribution in [3.8, 4) is 11.1 Å². The zero-order valence-electron chi connectivity index (χ0n) is 16.1. The quantitative estimate of drug-likeness (QED) is 0.749. The summed E-state index contributed by atoms with van der Waals surface area (Å²) in [5, 5.41) is 14.8. The Hall–Kier alpha value is -2.99. The van der Waals surface area contributed by atoms with Crippen LogP contribution in [0.2, 0.25) is 0 Å². The van der Waals surface area contributed by atoms with Crippen molar-refractivity contribution in [1.29, 1.82) is 0 Å². The molecule has 2 fully saturated rings. The van der Waals surface area contributed by atoms with Crippen LogP contribution in [0.1, 0.15) is 29.2 Å². The van der Waals surface area contributed by atoms with Gasteiger partial charge in [-0.1, -0.05) is 42.5 Å². The summed E-state index contributed by atoms with van der Waals surface area (Å²) in [6.45, 7) is 1.45. The summed E-state index contributed by atoms with van der Waals surface area (Å²) < 4.78 is 1.76. The van der Waals surface area contributed by atoms with Crippen molar-refractivity contribution in [3.63, 3.8) is 0 Å². The summed E-state index contributed by atoms with van der Waals surface area (Å²) in [5.41, 5.74) is 2.97. The van der Waals surface area contributed by atoms with E-state index >= 15 is 0 Å². The van der Waals surface area contributed by atoms with Gasteiger partial charge in [-0.05, 0) is 47.9 Å². The van der Waals surface area contributed by atoms with E-state index in [-0.39, 0.29) is 11.9 Å². The highest BCUT2D eigenvalue weighted by Crippen LogP contribution is 2.41. The number of hydrogen-bond donors (Lipinski definition) is 1. The summed E-state index contributed by atoms with van der Waals surface area (Å²) in [6, 6.07) is 18.0. The smallest absolute Gasteiger partial charge is 0.253 e. The van der Waals surface area contributed by atoms with Crippen molar-refractivity contribution in [2.45, 2.75) is 25.0 Å². The van der Waals surface area contributed by atoms with Crippen molar-refractivity contribution in [2.24, 2.45) is 11.8 Å². The summed E-state index contributed by atoms with van der Waals surface area (Å²) in [5.74, 6) is 0.809. The molecule has 0 unspecified atom stereocenters. The van der Waals surface area contributed by atoms with Crippen LogP contribution in [0.15, 0.2) is 67.3 Å². The molecule has 1 N–H and O–H groups in total. The second kappa shape index (κ2) is 7.44. The Morgan fingerprint density at radius 2 is 1.62 bits per heavy atom. The van der Waals surface area contributed by atoms with Gasteiger partial charge in [0, 0.05) is 18.7 Å². The highest BCUT2D eigenvalue weighted by Gasteiger charge is 2.43. The van der Waals surface area contributed by atoms with Crippen molar-refractivity contribution in [3.05, 3.63) is 72.8 Å². The molecule has 2 aromatic carbocycles. The lowest BCUT2D eigenvalue weighted by atomic mass is 9.77. The van der Waals surface area contributed by atoms with Gasteiger partial charge in [0.25, 0.3) is 5.91 Å². The Morgan fingerprint density at radius 1 is 0.931 bits per heavy atom. The molecule has 148 valence electrons. The Labute approximate surface area is 169 Å². The first-order valence-electron chi connectivity index (χ1n) is 10.2. The summed E-state index contributed by atoms with van der Waals surface area (Å²) in [6.07, 6.45) is 4.25. The molecule has 2 heterocycles. The lowest BCUT2D eigenvalue weighted by Crippen LogP contribution is -2.36. The van der Waals surface area contributed by atoms with Gasteiger partial charge in [0.15, 0.2) is 0 Å². The van der Waals surface area contributed by atoms with E-state index in [4.69, 9.17) is 0 Å². The van der Waals surface area contributed by atoms with Gasteiger partial charge in [-0.2, -0.15) is 5.10 Å². The number of aliphatic hydroxyl groups is 1. The third-order valence-corrected chi connectivity index (χ3v) is 6.41. The SMILES string of the molecule is O=C(c1ccc(-c2ccccc2)cc1)N1C[C@H]2C[C@@H](n3cncn3)[C@H](O)C[C@H]2C1. The van der Waals surface area contributed by atoms with Crippen LogP contribution in [0.25, 0.3) is 11.1 Å². The number of nitrogens with zero attached hydrogens (tertiary/aromatic N) is 4. The van der Waals surface area contributed by atoms with Crippen molar-refractivity contribution >= 4 is 5.91 Å². The van der Waals surface area contributed by atoms with E-state index in [0.29, 0.717) is 24.8 Å². The average Bonchev–Trinajstić information content (AvgIpc) is 3.43. The predicted octanol–water partition coefficient (Wildman–Crippen LogP) is 3.03. The Bertz CT molecular complexity index is 972. The number of carbonyl (C=O) groups excluding carboxylic acids is 1. The standard InChI is InChI=1S/C23H24N4O2/c28-22-11-20-13-26(12-19(20)10-21(22)27-15-24-14-25-27)23(29)18-8-6-17(7-9-18)16-4-2-1-3-5-16/h1-9,14-15,19-22,28H,10-13H2/t19-,20+,21-,22-/m1/s1. The van der Waals surface area contributed by atoms with Crippen molar-refractivity contribution in [1.82, 2.24) is 19.7 Å². The monoisotopic (exact) mass is 388 g/mol. The first kappa shape index (κ1) is 18.1. The fourth-order valence-corrected chi connectivity index (χ4v) is 4.86. The Balaban J connectivity index is 1.28. The topological polar surface area (TPSA) is 71.2 Å². The molecule has 1 aliphatic carbocycles. The molecule has 3 aromatic rings. The zero-order valence-corrected chi connectivity index (χ0v) is 16.1. The third-order valence-electron chi connectivity index (χ3n) is 6.41. The molecule has 2 aliphatic rings. The fraction of sp³-hybridized carbons (Fsp3) is 0.348. The van der Waals surface area contributed by atoms with Crippen LogP contribution < -0.4 is 0 Å². The average molecular weight is 388 g/mol. The van der Waals surface area contributed by atoms with Crippen LogP contribution >= 0.6 is 0 Å². The second-order valence-corrected chi connectivity index (χ2v) is 8.16. The maximum atomic E-state index is 13.1. The van der Waals surface area contributed by atoms with Gasteiger partial charge in [-0.25, -0.2) is 9.67 Å². The number of amides is 1. The molecule has 0 bridgehead atoms. The summed E-state index contributed by atoms with van der Waals surface area (Å²) >= 11 is 0. The number of aromatic nitrogens is 3. The van der Waals surface area contributed by atoms with Gasteiger partial charge in [0.05, 0.1) is 12.1 Å². The number of benzene rings is 2. The maximum Gasteiger partial charge on any atom is 0.253 e. The molecular formula is C23H24N4O2. The van der Waals surface area contributed by atoms with Crippen LogP contribution in [0.4, 0.5) is 0 Å². The lowest BCUT2D eigenvalue weighted by Gasteiger charge is -2.34. The van der Waals surface area contributed by atoms with E-state index in [0.717, 1.165) is 29.7 Å². The van der Waals surface area contributed by atoms with Gasteiger partial charge >= 0.3 is 0 Å². The Kier molecular flexibility index (Phi) is 4.64. The van der Waals surface area contributed by atoms with E-state index in [2.05, 4.69) is 22.2 Å². The van der Waals surface area contributed by atoms with Gasteiger partial charge in [-0.15, -0.1) is 0 Å².